The number of nitrogens with one attached hydrogen (secondary N) is 1. The van der Waals surface area contributed by atoms with Crippen molar-refractivity contribution in [2.75, 3.05) is 0 Å². The monoisotopic (exact) mass is 713 g/mol. The average molecular weight is 713 g/mol. The van der Waals surface area contributed by atoms with E-state index in [1.165, 1.54) is 48.5 Å². The van der Waals surface area contributed by atoms with E-state index >= 15 is 4.39 Å². The fourth-order valence-corrected chi connectivity index (χ4v) is 5.68. The zero-order valence-electron chi connectivity index (χ0n) is 21.4. The largest absolute Gasteiger partial charge is 0.338 e. The Hall–Kier alpha value is -1.91. The summed E-state index contributed by atoms with van der Waals surface area (Å²) in [5.74, 6) is -1.62. The van der Waals surface area contributed by atoms with E-state index in [4.69, 9.17) is 0 Å². The summed E-state index contributed by atoms with van der Waals surface area (Å²) in [5.41, 5.74) is -2.74. The fraction of sp³-hybridized carbons (Fsp3) is 0.167. The van der Waals surface area contributed by atoms with Crippen molar-refractivity contribution in [3.63, 3.8) is 0 Å². The number of hydrogen-bond acceptors (Lipinski definition) is 1. The molecule has 0 aliphatic heterocycles. The Morgan fingerprint density at radius 3 is 1.93 bits per heavy atom. The second-order valence-corrected chi connectivity index (χ2v) is 14.9. The van der Waals surface area contributed by atoms with E-state index < -0.39 is 33.6 Å². The van der Waals surface area contributed by atoms with Crippen molar-refractivity contribution in [3.8, 4) is 0 Å². The molecule has 0 bridgehead atoms. The SMILES string of the molecule is CC(P)(P)c1cc(F)cc(C(Cc2ccccc2)(NC(=O)c2ccc(F)cc2)c2cc(I)cc(C(F)(F)P)c2)c1. The summed E-state index contributed by atoms with van der Waals surface area (Å²) in [6, 6.07) is 23.1. The number of alkyl halides is 2. The lowest BCUT2D eigenvalue weighted by molar-refractivity contribution is 0.0911. The van der Waals surface area contributed by atoms with Crippen LogP contribution in [0.5, 0.6) is 0 Å². The minimum absolute atomic E-state index is 0.121. The van der Waals surface area contributed by atoms with E-state index in [9.17, 15) is 18.0 Å². The first kappa shape index (κ1) is 31.0. The van der Waals surface area contributed by atoms with Gasteiger partial charge in [-0.05, 0) is 106 Å². The molecule has 40 heavy (non-hydrogen) atoms. The lowest BCUT2D eigenvalue weighted by atomic mass is 9.76. The molecule has 4 aromatic carbocycles. The van der Waals surface area contributed by atoms with Crippen LogP contribution in [0.3, 0.4) is 0 Å². The van der Waals surface area contributed by atoms with Gasteiger partial charge in [0.1, 0.15) is 11.6 Å². The fourth-order valence-electron chi connectivity index (χ4n) is 4.50. The number of amides is 1. The highest BCUT2D eigenvalue weighted by molar-refractivity contribution is 14.1. The minimum Gasteiger partial charge on any atom is -0.338 e. The Bertz CT molecular complexity index is 1460. The molecule has 1 amide bonds. The molecule has 0 saturated carbocycles. The highest BCUT2D eigenvalue weighted by atomic mass is 127. The van der Waals surface area contributed by atoms with E-state index in [1.807, 2.05) is 59.8 Å². The number of benzene rings is 4. The van der Waals surface area contributed by atoms with E-state index in [0.29, 0.717) is 20.3 Å². The first-order chi connectivity index (χ1) is 18.7. The molecule has 2 nitrogen and oxygen atoms in total. The van der Waals surface area contributed by atoms with Crippen molar-refractivity contribution in [1.82, 2.24) is 5.32 Å². The van der Waals surface area contributed by atoms with Crippen LogP contribution in [0.1, 0.15) is 45.1 Å². The molecule has 0 fully saturated rings. The summed E-state index contributed by atoms with van der Waals surface area (Å²) >= 11 is 1.96. The summed E-state index contributed by atoms with van der Waals surface area (Å²) in [6.45, 7) is 1.87. The molecule has 0 spiro atoms. The van der Waals surface area contributed by atoms with Crippen molar-refractivity contribution in [2.45, 2.75) is 29.4 Å². The van der Waals surface area contributed by atoms with Gasteiger partial charge in [0, 0.05) is 26.0 Å². The van der Waals surface area contributed by atoms with E-state index in [2.05, 4.69) is 23.8 Å². The van der Waals surface area contributed by atoms with Crippen molar-refractivity contribution in [2.24, 2.45) is 0 Å². The van der Waals surface area contributed by atoms with Gasteiger partial charge in [-0.25, -0.2) is 8.78 Å². The van der Waals surface area contributed by atoms with Crippen molar-refractivity contribution < 1.29 is 22.4 Å². The molecule has 208 valence electrons. The Morgan fingerprint density at radius 2 is 1.32 bits per heavy atom. The van der Waals surface area contributed by atoms with Gasteiger partial charge in [0.25, 0.3) is 11.6 Å². The number of carbonyl (C=O) groups excluding carboxylic acids is 1. The molecule has 4 atom stereocenters. The molecule has 0 aromatic heterocycles. The summed E-state index contributed by atoms with van der Waals surface area (Å²) in [5, 5.41) is 3.06. The van der Waals surface area contributed by atoms with Gasteiger partial charge in [-0.3, -0.25) is 4.79 Å². The predicted molar refractivity (Wildman–Crippen MR) is 171 cm³/mol. The molecule has 10 heteroatoms. The third kappa shape index (κ3) is 7.29. The smallest absolute Gasteiger partial charge is 0.283 e. The zero-order valence-corrected chi connectivity index (χ0v) is 27.0. The lowest BCUT2D eigenvalue weighted by Crippen LogP contribution is -2.49. The van der Waals surface area contributed by atoms with Gasteiger partial charge < -0.3 is 5.32 Å². The lowest BCUT2D eigenvalue weighted by Gasteiger charge is -2.38. The van der Waals surface area contributed by atoms with Gasteiger partial charge in [-0.1, -0.05) is 45.6 Å². The number of rotatable bonds is 8. The van der Waals surface area contributed by atoms with Crippen molar-refractivity contribution in [3.05, 3.63) is 140 Å². The van der Waals surface area contributed by atoms with Crippen LogP contribution in [0.15, 0.2) is 91.0 Å². The molecular formula is C30H27F4INOP3. The molecule has 0 heterocycles. The van der Waals surface area contributed by atoms with Gasteiger partial charge >= 0.3 is 0 Å². The van der Waals surface area contributed by atoms with Crippen LogP contribution in [0.2, 0.25) is 0 Å². The third-order valence-electron chi connectivity index (χ3n) is 6.53. The Kier molecular flexibility index (Phi) is 9.42. The highest BCUT2D eigenvalue weighted by Crippen LogP contribution is 2.44. The Morgan fingerprint density at radius 1 is 0.775 bits per heavy atom. The maximum atomic E-state index is 15.3. The molecule has 0 aliphatic carbocycles. The van der Waals surface area contributed by atoms with E-state index in [-0.39, 0.29) is 17.5 Å². The van der Waals surface area contributed by atoms with Crippen molar-refractivity contribution in [1.29, 1.82) is 0 Å². The molecule has 4 rings (SSSR count). The molecule has 4 unspecified atom stereocenters. The van der Waals surface area contributed by atoms with E-state index in [1.54, 1.807) is 21.4 Å². The molecule has 0 saturated heterocycles. The first-order valence-electron chi connectivity index (χ1n) is 12.2. The Balaban J connectivity index is 2.06. The van der Waals surface area contributed by atoms with Crippen LogP contribution in [0.4, 0.5) is 17.6 Å². The minimum atomic E-state index is -3.25. The second kappa shape index (κ2) is 12.1. The van der Waals surface area contributed by atoms with Crippen LogP contribution in [-0.4, -0.2) is 5.91 Å². The summed E-state index contributed by atoms with van der Waals surface area (Å²) in [6.07, 6.45) is 0.121. The van der Waals surface area contributed by atoms with Gasteiger partial charge in [-0.2, -0.15) is 8.78 Å². The second-order valence-electron chi connectivity index (χ2n) is 9.89. The van der Waals surface area contributed by atoms with E-state index in [0.717, 1.165) is 5.56 Å². The van der Waals surface area contributed by atoms with Crippen LogP contribution < -0.4 is 5.32 Å². The van der Waals surface area contributed by atoms with Gasteiger partial charge in [0.2, 0.25) is 0 Å². The molecule has 0 radical (unpaired) electrons. The van der Waals surface area contributed by atoms with Crippen LogP contribution >= 0.6 is 50.3 Å². The standard InChI is InChI=1S/C30H27F4INOP3/c1-28(38,39)20-11-21(14-25(32)13-20)29(17-18-5-3-2-4-6-18,36-27(37)19-7-9-24(31)10-8-19)22-12-23(30(33,34)40)16-26(35)15-22/h2-16H,17,38-40H2,1H3,(H,36,37). The summed E-state index contributed by atoms with van der Waals surface area (Å²) in [7, 11) is 6.83. The Labute approximate surface area is 251 Å². The molecule has 0 aliphatic rings. The number of carbonyl (C=O) groups is 1. The van der Waals surface area contributed by atoms with Gasteiger partial charge in [0.15, 0.2) is 0 Å². The molecule has 1 N–H and O–H groups in total. The highest BCUT2D eigenvalue weighted by Gasteiger charge is 2.40. The van der Waals surface area contributed by atoms with Crippen LogP contribution in [-0.2, 0) is 22.5 Å². The zero-order chi connectivity index (χ0) is 29.3. The van der Waals surface area contributed by atoms with Gasteiger partial charge in [0.05, 0.1) is 5.54 Å². The number of halogens is 5. The maximum Gasteiger partial charge on any atom is 0.283 e. The summed E-state index contributed by atoms with van der Waals surface area (Å²) in [4.78, 5) is 13.1. The maximum absolute atomic E-state index is 15.3. The molecule has 4 aromatic rings. The normalized spacial score (nSPS) is 13.5. The quantitative estimate of drug-likeness (QED) is 0.111. The molecular weight excluding hydrogens is 686 g/mol. The average Bonchev–Trinajstić information content (AvgIpc) is 2.87. The third-order valence-corrected chi connectivity index (χ3v) is 8.16. The first-order valence-corrected chi connectivity index (χ1v) is 15.0. The van der Waals surface area contributed by atoms with Crippen LogP contribution in [0.25, 0.3) is 0 Å². The topological polar surface area (TPSA) is 29.1 Å². The van der Waals surface area contributed by atoms with Crippen LogP contribution in [0, 0.1) is 15.2 Å². The number of hydrogen-bond donors (Lipinski definition) is 1. The van der Waals surface area contributed by atoms with Crippen molar-refractivity contribution >= 4 is 56.2 Å². The van der Waals surface area contributed by atoms with Gasteiger partial charge in [-0.15, -0.1) is 18.5 Å². The predicted octanol–water partition coefficient (Wildman–Crippen LogP) is 8.33. The summed E-state index contributed by atoms with van der Waals surface area (Å²) < 4.78 is 58.8.